The summed E-state index contributed by atoms with van der Waals surface area (Å²) in [6.07, 6.45) is 5.18. The zero-order valence-corrected chi connectivity index (χ0v) is 15.2. The first-order valence-electron chi connectivity index (χ1n) is 9.02. The minimum absolute atomic E-state index is 0.0144. The van der Waals surface area contributed by atoms with Crippen LogP contribution in [0, 0.1) is 17.3 Å². The summed E-state index contributed by atoms with van der Waals surface area (Å²) in [6.45, 7) is 0.900. The lowest BCUT2D eigenvalue weighted by molar-refractivity contribution is -0.138. The van der Waals surface area contributed by atoms with Crippen molar-refractivity contribution in [2.24, 2.45) is 17.3 Å². The molecule has 5 nitrogen and oxygen atoms in total. The lowest BCUT2D eigenvalue weighted by Crippen LogP contribution is -2.43. The number of alkyl halides is 1. The van der Waals surface area contributed by atoms with Crippen LogP contribution in [0.2, 0.25) is 0 Å². The zero-order chi connectivity index (χ0) is 19.3. The fraction of sp³-hybridized carbons (Fsp3) is 0.500. The van der Waals surface area contributed by atoms with Crippen LogP contribution in [0.5, 0.6) is 0 Å². The van der Waals surface area contributed by atoms with Crippen molar-refractivity contribution in [2.45, 2.75) is 26.2 Å². The molecule has 0 bridgehead atoms. The van der Waals surface area contributed by atoms with Crippen LogP contribution < -0.4 is 5.32 Å². The maximum atomic E-state index is 14.4. The van der Waals surface area contributed by atoms with Gasteiger partial charge in [0.05, 0.1) is 29.7 Å². The largest absolute Gasteiger partial charge is 0.466 e. The van der Waals surface area contributed by atoms with Gasteiger partial charge in [-0.15, -0.1) is 0 Å². The van der Waals surface area contributed by atoms with E-state index in [-0.39, 0.29) is 41.6 Å². The van der Waals surface area contributed by atoms with E-state index < -0.39 is 29.9 Å². The molecule has 2 aliphatic heterocycles. The van der Waals surface area contributed by atoms with E-state index in [0.717, 1.165) is 18.4 Å². The third-order valence-electron chi connectivity index (χ3n) is 5.93. The molecule has 0 saturated heterocycles. The first-order chi connectivity index (χ1) is 12.9. The summed E-state index contributed by atoms with van der Waals surface area (Å²) in [5.74, 6) is -2.16. The van der Waals surface area contributed by atoms with E-state index >= 15 is 0 Å². The number of dihydropyridines is 1. The summed E-state index contributed by atoms with van der Waals surface area (Å²) >= 11 is 0. The number of hydrogen-bond donors (Lipinski definition) is 1. The number of carbonyl (C=O) groups is 2. The number of carbonyl (C=O) groups excluding carboxylic acids is 2. The summed E-state index contributed by atoms with van der Waals surface area (Å²) in [5, 5.41) is 2.83. The Hall–Kier alpha value is -2.44. The van der Waals surface area contributed by atoms with Crippen LogP contribution in [0.1, 0.15) is 26.2 Å². The molecule has 0 radical (unpaired) electrons. The Morgan fingerprint density at radius 3 is 2.78 bits per heavy atom. The van der Waals surface area contributed by atoms with Crippen LogP contribution in [0.15, 0.2) is 46.1 Å². The van der Waals surface area contributed by atoms with Crippen LogP contribution in [0.25, 0.3) is 0 Å². The molecular formula is C20H21F2NO4. The molecule has 7 heteroatoms. The number of allylic oxidation sites excluding steroid dienone is 5. The lowest BCUT2D eigenvalue weighted by Gasteiger charge is -2.44. The van der Waals surface area contributed by atoms with Crippen molar-refractivity contribution < 1.29 is 27.8 Å². The van der Waals surface area contributed by atoms with E-state index in [0.29, 0.717) is 5.70 Å². The molecule has 1 N–H and O–H groups in total. The van der Waals surface area contributed by atoms with Gasteiger partial charge in [0.25, 0.3) is 0 Å². The third kappa shape index (κ3) is 2.71. The first-order valence-corrected chi connectivity index (χ1v) is 9.02. The molecule has 1 saturated carbocycles. The van der Waals surface area contributed by atoms with Crippen LogP contribution in [-0.4, -0.2) is 32.3 Å². The Balaban J connectivity index is 1.92. The maximum Gasteiger partial charge on any atom is 0.336 e. The Morgan fingerprint density at radius 1 is 1.41 bits per heavy atom. The smallest absolute Gasteiger partial charge is 0.336 e. The molecule has 2 atom stereocenters. The average molecular weight is 377 g/mol. The Bertz CT molecular complexity index is 850. The van der Waals surface area contributed by atoms with Crippen molar-refractivity contribution in [3.63, 3.8) is 0 Å². The molecule has 0 aromatic rings. The van der Waals surface area contributed by atoms with Gasteiger partial charge in [0, 0.05) is 17.8 Å². The van der Waals surface area contributed by atoms with Gasteiger partial charge < -0.3 is 14.8 Å². The molecule has 27 heavy (non-hydrogen) atoms. The minimum atomic E-state index is -0.928. The topological polar surface area (TPSA) is 64.6 Å². The summed E-state index contributed by atoms with van der Waals surface area (Å²) in [4.78, 5) is 25.1. The highest BCUT2D eigenvalue weighted by Gasteiger charge is 2.54. The van der Waals surface area contributed by atoms with E-state index in [1.165, 1.54) is 13.2 Å². The van der Waals surface area contributed by atoms with Gasteiger partial charge in [-0.2, -0.15) is 0 Å². The monoisotopic (exact) mass is 377 g/mol. The third-order valence-corrected chi connectivity index (χ3v) is 5.93. The van der Waals surface area contributed by atoms with Gasteiger partial charge in [0.2, 0.25) is 0 Å². The molecule has 2 heterocycles. The standard InChI is InChI=1S/C20H21F2NO4/c1-20(7-11(22)5-6-12(20)10-3-4-10)17-15(18(24)26-2)13(8-21)23-14-9-27-19(25)16(14)17/h5-6,10,17,23H,3-4,7-9H2,1-2H3/t17-,20?/m1/s1. The molecule has 0 spiro atoms. The minimum Gasteiger partial charge on any atom is -0.466 e. The Kier molecular flexibility index (Phi) is 4.20. The van der Waals surface area contributed by atoms with Crippen LogP contribution in [-0.2, 0) is 19.1 Å². The van der Waals surface area contributed by atoms with Gasteiger partial charge >= 0.3 is 11.9 Å². The lowest BCUT2D eigenvalue weighted by atomic mass is 9.60. The fourth-order valence-electron chi connectivity index (χ4n) is 4.62. The highest BCUT2D eigenvalue weighted by molar-refractivity contribution is 5.99. The molecule has 1 unspecified atom stereocenters. The molecule has 0 amide bonds. The number of hydrogen-bond acceptors (Lipinski definition) is 5. The number of methoxy groups -OCH3 is 1. The van der Waals surface area contributed by atoms with Crippen molar-refractivity contribution in [2.75, 3.05) is 20.4 Å². The molecule has 0 aromatic heterocycles. The molecule has 2 aliphatic carbocycles. The van der Waals surface area contributed by atoms with Crippen molar-refractivity contribution in [1.29, 1.82) is 0 Å². The second-order valence-electron chi connectivity index (χ2n) is 7.65. The van der Waals surface area contributed by atoms with Crippen LogP contribution in [0.4, 0.5) is 8.78 Å². The summed E-state index contributed by atoms with van der Waals surface area (Å²) in [6, 6.07) is 0. The predicted molar refractivity (Wildman–Crippen MR) is 92.3 cm³/mol. The summed E-state index contributed by atoms with van der Waals surface area (Å²) < 4.78 is 38.3. The van der Waals surface area contributed by atoms with Crippen molar-refractivity contribution in [3.05, 3.63) is 46.1 Å². The van der Waals surface area contributed by atoms with Gasteiger partial charge in [-0.25, -0.2) is 18.4 Å². The van der Waals surface area contributed by atoms with Gasteiger partial charge in [0.1, 0.15) is 19.1 Å². The normalized spacial score (nSPS) is 30.4. The average Bonchev–Trinajstić information content (AvgIpc) is 3.42. The van der Waals surface area contributed by atoms with Gasteiger partial charge in [-0.05, 0) is 24.8 Å². The highest BCUT2D eigenvalue weighted by Crippen LogP contribution is 2.58. The van der Waals surface area contributed by atoms with E-state index in [1.54, 1.807) is 6.08 Å². The van der Waals surface area contributed by atoms with Crippen LogP contribution in [0.3, 0.4) is 0 Å². The zero-order valence-electron chi connectivity index (χ0n) is 15.2. The Labute approximate surface area is 155 Å². The number of nitrogens with one attached hydrogen (secondary N) is 1. The quantitative estimate of drug-likeness (QED) is 0.763. The van der Waals surface area contributed by atoms with E-state index in [1.807, 2.05) is 6.92 Å². The number of cyclic esters (lactones) is 1. The molecule has 0 aromatic carbocycles. The maximum absolute atomic E-state index is 14.4. The Morgan fingerprint density at radius 2 is 2.15 bits per heavy atom. The summed E-state index contributed by atoms with van der Waals surface area (Å²) in [7, 11) is 1.21. The first kappa shape index (κ1) is 17.9. The highest BCUT2D eigenvalue weighted by atomic mass is 19.1. The van der Waals surface area contributed by atoms with Gasteiger partial charge in [0.15, 0.2) is 0 Å². The van der Waals surface area contributed by atoms with Gasteiger partial charge in [-0.1, -0.05) is 18.6 Å². The van der Waals surface area contributed by atoms with E-state index in [4.69, 9.17) is 9.47 Å². The predicted octanol–water partition coefficient (Wildman–Crippen LogP) is 3.01. The second kappa shape index (κ2) is 6.32. The number of rotatable bonds is 4. The number of halogens is 2. The van der Waals surface area contributed by atoms with Gasteiger partial charge in [-0.3, -0.25) is 0 Å². The van der Waals surface area contributed by atoms with E-state index in [9.17, 15) is 18.4 Å². The summed E-state index contributed by atoms with van der Waals surface area (Å²) in [5.41, 5.74) is 0.919. The SMILES string of the molecule is COC(=O)C1=C(CF)NC2=C(C(=O)OC2)[C@@H]1C1(C)CC(F)=CC=C1C1CC1. The van der Waals surface area contributed by atoms with Crippen molar-refractivity contribution in [1.82, 2.24) is 5.32 Å². The van der Waals surface area contributed by atoms with E-state index in [2.05, 4.69) is 5.32 Å². The van der Waals surface area contributed by atoms with Crippen molar-refractivity contribution in [3.8, 4) is 0 Å². The fourth-order valence-corrected chi connectivity index (χ4v) is 4.62. The molecular weight excluding hydrogens is 356 g/mol. The molecule has 4 aliphatic rings. The molecule has 1 fully saturated rings. The number of esters is 2. The second-order valence-corrected chi connectivity index (χ2v) is 7.65. The number of ether oxygens (including phenoxy) is 2. The van der Waals surface area contributed by atoms with Crippen molar-refractivity contribution >= 4 is 11.9 Å². The molecule has 4 rings (SSSR count). The molecule has 144 valence electrons. The van der Waals surface area contributed by atoms with Crippen LogP contribution >= 0.6 is 0 Å².